The Morgan fingerprint density at radius 1 is 0.812 bits per heavy atom. The lowest BCUT2D eigenvalue weighted by molar-refractivity contribution is -0.618. The first-order valence-corrected chi connectivity index (χ1v) is 7.85. The average Bonchev–Trinajstić information content (AvgIpc) is 2.90. The third-order valence-electron chi connectivity index (χ3n) is 11.3. The van der Waals surface area contributed by atoms with Crippen molar-refractivity contribution in [1.29, 1.82) is 0 Å². The Labute approximate surface area is 95.2 Å². The van der Waals surface area contributed by atoms with Gasteiger partial charge in [0.05, 0.1) is 0 Å². The summed E-state index contributed by atoms with van der Waals surface area (Å²) in [5.41, 5.74) is 4.31. The zero-order valence-electron chi connectivity index (χ0n) is 9.61. The summed E-state index contributed by atoms with van der Waals surface area (Å²) >= 11 is 0. The molecule has 0 aromatic heterocycles. The average molecular weight is 208 g/mol. The Balaban J connectivity index is 1.48. The topological polar surface area (TPSA) is 0 Å². The maximum Gasteiger partial charge on any atom is -0.00935 e. The van der Waals surface area contributed by atoms with E-state index in [4.69, 9.17) is 0 Å². The molecule has 9 fully saturated rings. The van der Waals surface area contributed by atoms with E-state index in [2.05, 4.69) is 6.92 Å². The van der Waals surface area contributed by atoms with Crippen molar-refractivity contribution in [2.24, 2.45) is 74.9 Å². The van der Waals surface area contributed by atoms with E-state index < -0.39 is 0 Å². The van der Waals surface area contributed by atoms with Crippen molar-refractivity contribution in [2.75, 3.05) is 0 Å². The standard InChI is InChI=1S/C16H16/c1-4-8-11-9-6-2-5-3-7-10-12-13(4,8)16(11,12)15(9,10)14(5,6)7/h4-12H,2-3H2,1H3. The maximum absolute atomic E-state index is 2.63. The van der Waals surface area contributed by atoms with Crippen molar-refractivity contribution in [1.82, 2.24) is 0 Å². The van der Waals surface area contributed by atoms with Crippen LogP contribution >= 0.6 is 0 Å². The number of rotatable bonds is 0. The van der Waals surface area contributed by atoms with Gasteiger partial charge in [-0.1, -0.05) is 6.92 Å². The van der Waals surface area contributed by atoms with Crippen molar-refractivity contribution >= 4 is 0 Å². The largest absolute Gasteiger partial charge is 0.0616 e. The fourth-order valence-corrected chi connectivity index (χ4v) is 12.5. The normalized spacial score (nSPS) is 112. The van der Waals surface area contributed by atoms with Crippen LogP contribution in [0.2, 0.25) is 0 Å². The lowest BCUT2D eigenvalue weighted by Gasteiger charge is -3.08. The van der Waals surface area contributed by atoms with Crippen molar-refractivity contribution < 1.29 is 0 Å². The van der Waals surface area contributed by atoms with Gasteiger partial charge in [0.15, 0.2) is 0 Å². The van der Waals surface area contributed by atoms with E-state index in [0.717, 1.165) is 21.7 Å². The molecule has 9 rings (SSSR count). The van der Waals surface area contributed by atoms with Crippen LogP contribution in [0, 0.1) is 74.9 Å². The second kappa shape index (κ2) is 1.05. The Morgan fingerprint density at radius 3 is 2.44 bits per heavy atom. The molecule has 0 aliphatic heterocycles. The van der Waals surface area contributed by atoms with Gasteiger partial charge in [0, 0.05) is 0 Å². The van der Waals surface area contributed by atoms with Crippen LogP contribution in [0.15, 0.2) is 0 Å². The van der Waals surface area contributed by atoms with Crippen LogP contribution < -0.4 is 0 Å². The highest BCUT2D eigenvalue weighted by Crippen LogP contribution is 3.29. The predicted octanol–water partition coefficient (Wildman–Crippen LogP) is 2.40. The molecule has 0 N–H and O–H groups in total. The molecule has 0 saturated heterocycles. The van der Waals surface area contributed by atoms with Gasteiger partial charge in [-0.3, -0.25) is 0 Å². The zero-order valence-corrected chi connectivity index (χ0v) is 9.61. The monoisotopic (exact) mass is 208 g/mol. The molecule has 16 heavy (non-hydrogen) atoms. The first-order chi connectivity index (χ1) is 7.85. The molecule has 0 heteroatoms. The molecule has 13 atom stereocenters. The number of fused-ring (bicyclic) bond motifs is 5. The van der Waals surface area contributed by atoms with Crippen molar-refractivity contribution in [3.05, 3.63) is 0 Å². The molecule has 0 radical (unpaired) electrons. The molecule has 80 valence electrons. The molecule has 0 heterocycles. The Kier molecular flexibility index (Phi) is 0.409. The zero-order chi connectivity index (χ0) is 9.61. The van der Waals surface area contributed by atoms with E-state index in [1.165, 1.54) is 53.3 Å². The summed E-state index contributed by atoms with van der Waals surface area (Å²) in [6, 6.07) is 0. The SMILES string of the molecule is CC1C2C3C4C5CC6CC7C8C9C12C39C48C657. The van der Waals surface area contributed by atoms with Crippen molar-refractivity contribution in [3.8, 4) is 0 Å². The fraction of sp³-hybridized carbons (Fsp3) is 1.00. The van der Waals surface area contributed by atoms with Gasteiger partial charge in [-0.15, -0.1) is 0 Å². The summed E-state index contributed by atoms with van der Waals surface area (Å²) < 4.78 is 0. The number of hydrogen-bond acceptors (Lipinski definition) is 0. The summed E-state index contributed by atoms with van der Waals surface area (Å²) in [4.78, 5) is 0. The summed E-state index contributed by atoms with van der Waals surface area (Å²) in [7, 11) is 0. The van der Waals surface area contributed by atoms with Gasteiger partial charge in [0.25, 0.3) is 0 Å². The smallest absolute Gasteiger partial charge is 0.00935 e. The molecule has 0 bridgehead atoms. The van der Waals surface area contributed by atoms with Gasteiger partial charge < -0.3 is 0 Å². The first kappa shape index (κ1) is 6.25. The van der Waals surface area contributed by atoms with E-state index in [0.29, 0.717) is 0 Å². The second-order valence-electron chi connectivity index (χ2n) is 9.35. The highest BCUT2D eigenvalue weighted by Gasteiger charge is 3.27. The minimum absolute atomic E-state index is 1.05. The van der Waals surface area contributed by atoms with Gasteiger partial charge in [0.1, 0.15) is 0 Å². The van der Waals surface area contributed by atoms with Gasteiger partial charge in [-0.05, 0) is 87.8 Å². The van der Waals surface area contributed by atoms with E-state index in [9.17, 15) is 0 Å². The summed E-state index contributed by atoms with van der Waals surface area (Å²) in [6.45, 7) is 2.63. The highest BCUT2D eigenvalue weighted by molar-refractivity contribution is 5.73. The molecule has 9 aliphatic carbocycles. The molecule has 9 aliphatic rings. The molecule has 0 amide bonds. The molecule has 9 saturated carbocycles. The lowest BCUT2D eigenvalue weighted by atomic mass is 8.96. The van der Waals surface area contributed by atoms with Gasteiger partial charge in [-0.2, -0.15) is 0 Å². The van der Waals surface area contributed by atoms with E-state index in [-0.39, 0.29) is 0 Å². The summed E-state index contributed by atoms with van der Waals surface area (Å²) in [5, 5.41) is 0. The van der Waals surface area contributed by atoms with Gasteiger partial charge in [0.2, 0.25) is 0 Å². The van der Waals surface area contributed by atoms with Crippen LogP contribution in [0.5, 0.6) is 0 Å². The maximum atomic E-state index is 2.63. The molecule has 13 unspecified atom stereocenters. The van der Waals surface area contributed by atoms with Crippen LogP contribution in [0.25, 0.3) is 0 Å². The lowest BCUT2D eigenvalue weighted by Crippen LogP contribution is -3.05. The Morgan fingerprint density at radius 2 is 1.62 bits per heavy atom. The molecule has 0 aromatic carbocycles. The van der Waals surface area contributed by atoms with Crippen LogP contribution in [0.4, 0.5) is 0 Å². The van der Waals surface area contributed by atoms with Crippen LogP contribution in [-0.4, -0.2) is 0 Å². The van der Waals surface area contributed by atoms with E-state index in [1.807, 2.05) is 0 Å². The molecule has 4 spiro atoms. The van der Waals surface area contributed by atoms with Crippen LogP contribution in [0.3, 0.4) is 0 Å². The second-order valence-corrected chi connectivity index (χ2v) is 9.35. The van der Waals surface area contributed by atoms with Crippen LogP contribution in [0.1, 0.15) is 19.8 Å². The number of hydrogen-bond donors (Lipinski definition) is 0. The predicted molar refractivity (Wildman–Crippen MR) is 56.1 cm³/mol. The first-order valence-electron chi connectivity index (χ1n) is 7.85. The molecular formula is C16H16. The third kappa shape index (κ3) is 0.179. The Hall–Kier alpha value is 0. The quantitative estimate of drug-likeness (QED) is 0.573. The van der Waals surface area contributed by atoms with E-state index >= 15 is 0 Å². The minimum atomic E-state index is 1.05. The fourth-order valence-electron chi connectivity index (χ4n) is 12.5. The third-order valence-corrected chi connectivity index (χ3v) is 11.3. The highest BCUT2D eigenvalue weighted by atomic mass is 15.3. The minimum Gasteiger partial charge on any atom is -0.0616 e. The molecule has 0 aromatic rings. The summed E-state index contributed by atoms with van der Waals surface area (Å²) in [6.07, 6.45) is 3.39. The molecular weight excluding hydrogens is 192 g/mol. The van der Waals surface area contributed by atoms with Gasteiger partial charge >= 0.3 is 0 Å². The van der Waals surface area contributed by atoms with Crippen molar-refractivity contribution in [2.45, 2.75) is 19.8 Å². The summed E-state index contributed by atoms with van der Waals surface area (Å²) in [5.74, 6) is 11.7. The van der Waals surface area contributed by atoms with E-state index in [1.54, 1.807) is 12.8 Å². The van der Waals surface area contributed by atoms with Crippen LogP contribution in [-0.2, 0) is 0 Å². The Bertz CT molecular complexity index is 577. The van der Waals surface area contributed by atoms with Gasteiger partial charge in [-0.25, -0.2) is 0 Å². The van der Waals surface area contributed by atoms with Crippen molar-refractivity contribution in [3.63, 3.8) is 0 Å². The molecule has 0 nitrogen and oxygen atoms in total.